The van der Waals surface area contributed by atoms with Gasteiger partial charge in [-0.1, -0.05) is 0 Å². The highest BCUT2D eigenvalue weighted by Crippen LogP contribution is 2.24. The first-order chi connectivity index (χ1) is 12.6. The molecule has 0 saturated carbocycles. The fourth-order valence-corrected chi connectivity index (χ4v) is 3.47. The van der Waals surface area contributed by atoms with E-state index in [9.17, 15) is 9.59 Å². The largest absolute Gasteiger partial charge is 0.497 e. The fraction of sp³-hybridized carbons (Fsp3) is 0.500. The molecule has 2 N–H and O–H groups in total. The number of ether oxygens (including phenoxy) is 1. The lowest BCUT2D eigenvalue weighted by Crippen LogP contribution is -2.38. The van der Waals surface area contributed by atoms with Gasteiger partial charge in [0.2, 0.25) is 5.91 Å². The van der Waals surface area contributed by atoms with Gasteiger partial charge in [0.05, 0.1) is 7.11 Å². The number of fused-ring (bicyclic) bond motifs is 1. The molecule has 0 aliphatic carbocycles. The first-order valence-electron chi connectivity index (χ1n) is 9.16. The van der Waals surface area contributed by atoms with Crippen molar-refractivity contribution < 1.29 is 13.9 Å². The number of methoxy groups -OCH3 is 1. The third kappa shape index (κ3) is 5.23. The minimum Gasteiger partial charge on any atom is -0.497 e. The summed E-state index contributed by atoms with van der Waals surface area (Å²) in [5, 5.41) is 7.20. The maximum Gasteiger partial charge on any atom is 0.339 e. The highest BCUT2D eigenvalue weighted by Gasteiger charge is 2.16. The molecule has 1 amide bonds. The summed E-state index contributed by atoms with van der Waals surface area (Å²) in [6.07, 6.45) is 2.96. The topological polar surface area (TPSA) is 80.6 Å². The van der Waals surface area contributed by atoms with E-state index in [0.717, 1.165) is 36.9 Å². The second kappa shape index (κ2) is 9.76. The third-order valence-electron chi connectivity index (χ3n) is 5.08. The fourth-order valence-electron chi connectivity index (χ4n) is 3.47. The predicted molar refractivity (Wildman–Crippen MR) is 108 cm³/mol. The Morgan fingerprint density at radius 1 is 1.41 bits per heavy atom. The van der Waals surface area contributed by atoms with Crippen molar-refractivity contribution in [3.63, 3.8) is 0 Å². The standard InChI is InChI=1S/C20H26N2O4.ClH/c1-13-16-6-5-15(25-2)10-18(16)26-20(24)17(13)7-8-19(23)22-12-14-4-3-9-21-11-14;/h5-6,10,14,21H,3-4,7-9,11-12H2,1-2H3,(H,22,23);1H. The minimum absolute atomic E-state index is 0. The summed E-state index contributed by atoms with van der Waals surface area (Å²) in [5.74, 6) is 1.11. The van der Waals surface area contributed by atoms with Gasteiger partial charge >= 0.3 is 5.63 Å². The molecular weight excluding hydrogens is 368 g/mol. The summed E-state index contributed by atoms with van der Waals surface area (Å²) in [6.45, 7) is 4.61. The van der Waals surface area contributed by atoms with Crippen LogP contribution >= 0.6 is 12.4 Å². The van der Waals surface area contributed by atoms with E-state index in [-0.39, 0.29) is 30.4 Å². The maximum atomic E-state index is 12.3. The van der Waals surface area contributed by atoms with Crippen molar-refractivity contribution >= 4 is 29.3 Å². The lowest BCUT2D eigenvalue weighted by atomic mass is 9.99. The van der Waals surface area contributed by atoms with Crippen molar-refractivity contribution in [2.45, 2.75) is 32.6 Å². The van der Waals surface area contributed by atoms with E-state index >= 15 is 0 Å². The molecule has 1 aromatic heterocycles. The Kier molecular flexibility index (Phi) is 7.68. The summed E-state index contributed by atoms with van der Waals surface area (Å²) in [6, 6.07) is 5.43. The van der Waals surface area contributed by atoms with Gasteiger partial charge in [0.25, 0.3) is 0 Å². The number of carbonyl (C=O) groups is 1. The normalized spacial score (nSPS) is 16.6. The second-order valence-corrected chi connectivity index (χ2v) is 6.87. The number of aryl methyl sites for hydroxylation is 1. The Balaban J connectivity index is 0.00000261. The molecule has 1 unspecified atom stereocenters. The Hall–Kier alpha value is -2.05. The Morgan fingerprint density at radius 3 is 2.93 bits per heavy atom. The van der Waals surface area contributed by atoms with Gasteiger partial charge in [-0.15, -0.1) is 12.4 Å². The van der Waals surface area contributed by atoms with E-state index < -0.39 is 0 Å². The SMILES string of the molecule is COc1ccc2c(C)c(CCC(=O)NCC3CCCNC3)c(=O)oc2c1.Cl. The summed E-state index contributed by atoms with van der Waals surface area (Å²) >= 11 is 0. The summed E-state index contributed by atoms with van der Waals surface area (Å²) < 4.78 is 10.6. The zero-order chi connectivity index (χ0) is 18.5. The van der Waals surface area contributed by atoms with Gasteiger partial charge in [-0.3, -0.25) is 4.79 Å². The van der Waals surface area contributed by atoms with Gasteiger partial charge in [0.15, 0.2) is 0 Å². The number of nitrogens with one attached hydrogen (secondary N) is 2. The number of hydrogen-bond donors (Lipinski definition) is 2. The molecular formula is C20H27ClN2O4. The molecule has 1 fully saturated rings. The second-order valence-electron chi connectivity index (χ2n) is 6.87. The molecule has 1 aromatic carbocycles. The van der Waals surface area contributed by atoms with Crippen LogP contribution in [0.5, 0.6) is 5.75 Å². The third-order valence-corrected chi connectivity index (χ3v) is 5.08. The van der Waals surface area contributed by atoms with Crippen LogP contribution in [-0.2, 0) is 11.2 Å². The van der Waals surface area contributed by atoms with Crippen LogP contribution in [0.2, 0.25) is 0 Å². The number of piperidine rings is 1. The zero-order valence-corrected chi connectivity index (χ0v) is 16.6. The Bertz CT molecular complexity index is 844. The van der Waals surface area contributed by atoms with Gasteiger partial charge in [0, 0.05) is 30.0 Å². The number of halogens is 1. The highest BCUT2D eigenvalue weighted by molar-refractivity contribution is 5.85. The van der Waals surface area contributed by atoms with Gasteiger partial charge in [-0.2, -0.15) is 0 Å². The Morgan fingerprint density at radius 2 is 2.22 bits per heavy atom. The van der Waals surface area contributed by atoms with Gasteiger partial charge in [-0.05, 0) is 62.9 Å². The molecule has 6 nitrogen and oxygen atoms in total. The van der Waals surface area contributed by atoms with E-state index in [0.29, 0.717) is 35.8 Å². The zero-order valence-electron chi connectivity index (χ0n) is 15.8. The van der Waals surface area contributed by atoms with E-state index in [1.165, 1.54) is 0 Å². The van der Waals surface area contributed by atoms with Crippen LogP contribution in [0.1, 0.15) is 30.4 Å². The van der Waals surface area contributed by atoms with Crippen LogP contribution in [-0.4, -0.2) is 32.7 Å². The van der Waals surface area contributed by atoms with Crippen LogP contribution < -0.4 is 21.0 Å². The molecule has 2 heterocycles. The van der Waals surface area contributed by atoms with E-state index in [1.807, 2.05) is 19.1 Å². The summed E-state index contributed by atoms with van der Waals surface area (Å²) in [4.78, 5) is 24.5. The van der Waals surface area contributed by atoms with Crippen molar-refractivity contribution in [2.24, 2.45) is 5.92 Å². The summed E-state index contributed by atoms with van der Waals surface area (Å²) in [5.41, 5.74) is 1.55. The minimum atomic E-state index is -0.382. The average Bonchev–Trinajstić information content (AvgIpc) is 2.66. The first kappa shape index (κ1) is 21.3. The van der Waals surface area contributed by atoms with Crippen LogP contribution in [0.15, 0.2) is 27.4 Å². The molecule has 0 spiro atoms. The molecule has 1 aliphatic heterocycles. The quantitative estimate of drug-likeness (QED) is 0.736. The number of carbonyl (C=O) groups excluding carboxylic acids is 1. The number of amides is 1. The number of benzene rings is 1. The maximum absolute atomic E-state index is 12.3. The average molecular weight is 395 g/mol. The van der Waals surface area contributed by atoms with Crippen molar-refractivity contribution in [2.75, 3.05) is 26.7 Å². The first-order valence-corrected chi connectivity index (χ1v) is 9.16. The highest BCUT2D eigenvalue weighted by atomic mass is 35.5. The molecule has 7 heteroatoms. The van der Waals surface area contributed by atoms with E-state index in [2.05, 4.69) is 10.6 Å². The lowest BCUT2D eigenvalue weighted by molar-refractivity contribution is -0.121. The molecule has 1 atom stereocenters. The summed E-state index contributed by atoms with van der Waals surface area (Å²) in [7, 11) is 1.57. The molecule has 27 heavy (non-hydrogen) atoms. The Labute approximate surface area is 165 Å². The van der Waals surface area contributed by atoms with Gasteiger partial charge in [0.1, 0.15) is 11.3 Å². The van der Waals surface area contributed by atoms with Crippen LogP contribution in [0.25, 0.3) is 11.0 Å². The predicted octanol–water partition coefficient (Wildman–Crippen LogP) is 2.58. The number of rotatable bonds is 6. The van der Waals surface area contributed by atoms with Crippen molar-refractivity contribution in [1.82, 2.24) is 10.6 Å². The van der Waals surface area contributed by atoms with Crippen LogP contribution in [0, 0.1) is 12.8 Å². The van der Waals surface area contributed by atoms with Crippen LogP contribution in [0.4, 0.5) is 0 Å². The molecule has 2 aromatic rings. The molecule has 1 aliphatic rings. The van der Waals surface area contributed by atoms with Gasteiger partial charge < -0.3 is 19.8 Å². The molecule has 148 valence electrons. The lowest BCUT2D eigenvalue weighted by Gasteiger charge is -2.22. The van der Waals surface area contributed by atoms with E-state index in [1.54, 1.807) is 13.2 Å². The van der Waals surface area contributed by atoms with Gasteiger partial charge in [-0.25, -0.2) is 4.79 Å². The van der Waals surface area contributed by atoms with Crippen molar-refractivity contribution in [1.29, 1.82) is 0 Å². The number of hydrogen-bond acceptors (Lipinski definition) is 5. The molecule has 1 saturated heterocycles. The molecule has 3 rings (SSSR count). The van der Waals surface area contributed by atoms with Crippen molar-refractivity contribution in [3.05, 3.63) is 39.7 Å². The smallest absolute Gasteiger partial charge is 0.339 e. The monoisotopic (exact) mass is 394 g/mol. The van der Waals surface area contributed by atoms with E-state index in [4.69, 9.17) is 9.15 Å². The molecule has 0 bridgehead atoms. The van der Waals surface area contributed by atoms with Crippen molar-refractivity contribution in [3.8, 4) is 5.75 Å². The molecule has 0 radical (unpaired) electrons. The van der Waals surface area contributed by atoms with Crippen LogP contribution in [0.3, 0.4) is 0 Å².